The molecule has 0 bridgehead atoms. The van der Waals surface area contributed by atoms with Gasteiger partial charge in [-0.15, -0.1) is 0 Å². The highest BCUT2D eigenvalue weighted by Gasteiger charge is 2.60. The van der Waals surface area contributed by atoms with Crippen molar-refractivity contribution >= 4 is 19.6 Å². The summed E-state index contributed by atoms with van der Waals surface area (Å²) in [5, 5.41) is 301. The van der Waals surface area contributed by atoms with Crippen LogP contribution in [-0.2, 0) is 94.5 Å². The molecule has 2 amide bonds. The molecule has 0 radical (unpaired) electrons. The van der Waals surface area contributed by atoms with Gasteiger partial charge in [0, 0.05) is 13.8 Å². The van der Waals surface area contributed by atoms with Gasteiger partial charge < -0.3 is 234 Å². The Labute approximate surface area is 620 Å². The molecule has 8 aliphatic heterocycles. The summed E-state index contributed by atoms with van der Waals surface area (Å²) in [5.41, 5.74) is 0. The Morgan fingerprint density at radius 1 is 0.355 bits per heavy atom. The van der Waals surface area contributed by atoms with Crippen molar-refractivity contribution in [3.05, 3.63) is 0 Å². The zero-order chi connectivity index (χ0) is 81.6. The number of phosphoric ester groups is 1. The number of hydrogen-bond acceptors (Lipinski definition) is 47. The van der Waals surface area contributed by atoms with E-state index in [2.05, 4.69) is 15.2 Å². The minimum absolute atomic E-state index is 0.822. The third-order valence-electron chi connectivity index (χ3n) is 19.4. The van der Waals surface area contributed by atoms with Crippen molar-refractivity contribution in [2.24, 2.45) is 0 Å². The summed E-state index contributed by atoms with van der Waals surface area (Å²) in [7, 11) is -5.42. The van der Waals surface area contributed by atoms with Gasteiger partial charge in [-0.3, -0.25) is 14.1 Å². The molecule has 0 aromatic rings. The van der Waals surface area contributed by atoms with E-state index in [0.717, 1.165) is 13.8 Å². The molecule has 8 fully saturated rings. The number of phosphoric acid groups is 1. The van der Waals surface area contributed by atoms with Crippen LogP contribution in [0.15, 0.2) is 0 Å². The topological polar surface area (TPSA) is 819 Å². The van der Waals surface area contributed by atoms with Crippen molar-refractivity contribution in [3.8, 4) is 0 Å². The van der Waals surface area contributed by atoms with Crippen molar-refractivity contribution < 1.29 is 242 Å². The maximum atomic E-state index is 12.9. The summed E-state index contributed by atoms with van der Waals surface area (Å²) in [6, 6.07) is -3.66. The zero-order valence-corrected chi connectivity index (χ0v) is 59.0. The van der Waals surface area contributed by atoms with Crippen LogP contribution >= 0.6 is 7.82 Å². The molecule has 0 saturated carbocycles. The fourth-order valence-corrected chi connectivity index (χ4v) is 13.6. The molecule has 8 aliphatic rings. The lowest BCUT2D eigenvalue weighted by molar-refractivity contribution is -0.399. The number of ether oxygens (including phenoxy) is 16. The summed E-state index contributed by atoms with van der Waals surface area (Å²) in [5.74, 6) is -1.82. The molecule has 31 N–H and O–H groups in total. The summed E-state index contributed by atoms with van der Waals surface area (Å²) in [6.45, 7) is -9.72. The number of carbonyl (C=O) groups excluding carboxylic acids is 2. The first kappa shape index (κ1) is 92.8. The molecule has 0 aromatic heterocycles. The van der Waals surface area contributed by atoms with Gasteiger partial charge in [0.15, 0.2) is 50.3 Å². The molecular formula is C58H101N2O49P. The highest BCUT2D eigenvalue weighted by molar-refractivity contribution is 7.46. The van der Waals surface area contributed by atoms with E-state index >= 15 is 0 Å². The van der Waals surface area contributed by atoms with E-state index in [0.29, 0.717) is 0 Å². The smallest absolute Gasteiger partial charge is 0.394 e. The second kappa shape index (κ2) is 40.7. The predicted molar refractivity (Wildman–Crippen MR) is 333 cm³/mol. The highest BCUT2D eigenvalue weighted by Crippen LogP contribution is 2.41. The second-order valence-corrected chi connectivity index (χ2v) is 28.3. The second-order valence-electron chi connectivity index (χ2n) is 27.1. The Hall–Kier alpha value is -2.67. The Balaban J connectivity index is 1.16. The van der Waals surface area contributed by atoms with Crippen molar-refractivity contribution in [2.75, 3.05) is 66.1 Å². The van der Waals surface area contributed by atoms with E-state index in [1.54, 1.807) is 0 Å². The van der Waals surface area contributed by atoms with Crippen LogP contribution < -0.4 is 10.6 Å². The molecule has 51 nitrogen and oxygen atoms in total. The van der Waals surface area contributed by atoms with E-state index in [1.165, 1.54) is 0 Å². The Morgan fingerprint density at radius 3 is 1.13 bits per heavy atom. The molecule has 44 atom stereocenters. The first-order valence-electron chi connectivity index (χ1n) is 34.3. The minimum Gasteiger partial charge on any atom is -0.394 e. The molecule has 8 rings (SSSR count). The molecule has 0 aromatic carbocycles. The van der Waals surface area contributed by atoms with Gasteiger partial charge in [-0.1, -0.05) is 0 Å². The van der Waals surface area contributed by atoms with Crippen LogP contribution in [0, 0.1) is 0 Å². The third kappa shape index (κ3) is 21.4. The number of rotatable bonds is 33. The van der Waals surface area contributed by atoms with Crippen molar-refractivity contribution in [2.45, 2.75) is 284 Å². The van der Waals surface area contributed by atoms with Gasteiger partial charge in [0.2, 0.25) is 11.8 Å². The van der Waals surface area contributed by atoms with Gasteiger partial charge in [0.1, 0.15) is 214 Å². The molecule has 642 valence electrons. The van der Waals surface area contributed by atoms with Gasteiger partial charge in [-0.05, 0) is 0 Å². The van der Waals surface area contributed by atoms with Crippen LogP contribution in [0.25, 0.3) is 0 Å². The molecule has 0 spiro atoms. The fraction of sp³-hybridized carbons (Fsp3) is 0.966. The third-order valence-corrected chi connectivity index (χ3v) is 19.9. The van der Waals surface area contributed by atoms with E-state index in [1.807, 2.05) is 0 Å². The number of aliphatic hydroxyl groups excluding tert-OH is 27. The van der Waals surface area contributed by atoms with Gasteiger partial charge in [0.05, 0.1) is 72.1 Å². The highest BCUT2D eigenvalue weighted by atomic mass is 31.2. The van der Waals surface area contributed by atoms with Crippen LogP contribution in [-0.4, -0.2) is 495 Å². The summed E-state index contributed by atoms with van der Waals surface area (Å²) in [4.78, 5) is 44.0. The number of amides is 2. The van der Waals surface area contributed by atoms with E-state index in [4.69, 9.17) is 75.8 Å². The van der Waals surface area contributed by atoms with E-state index in [9.17, 15) is 162 Å². The fourth-order valence-electron chi connectivity index (χ4n) is 13.3. The Kier molecular flexibility index (Phi) is 34.3. The van der Waals surface area contributed by atoms with Crippen LogP contribution in [0.2, 0.25) is 0 Å². The first-order valence-corrected chi connectivity index (χ1v) is 35.8. The van der Waals surface area contributed by atoms with Crippen LogP contribution in [0.5, 0.6) is 0 Å². The number of aliphatic hydroxyl groups is 27. The zero-order valence-electron chi connectivity index (χ0n) is 58.1. The summed E-state index contributed by atoms with van der Waals surface area (Å²) >= 11 is 0. The molecule has 0 aliphatic carbocycles. The first-order chi connectivity index (χ1) is 51.8. The molecule has 110 heavy (non-hydrogen) atoms. The van der Waals surface area contributed by atoms with Crippen LogP contribution in [0.4, 0.5) is 0 Å². The molecule has 0 unspecified atom stereocenters. The van der Waals surface area contributed by atoms with Crippen molar-refractivity contribution in [1.82, 2.24) is 10.6 Å². The minimum atomic E-state index is -5.42. The average molecular weight is 1640 g/mol. The van der Waals surface area contributed by atoms with Crippen molar-refractivity contribution in [1.29, 1.82) is 0 Å². The lowest BCUT2D eigenvalue weighted by Gasteiger charge is -2.50. The van der Waals surface area contributed by atoms with Gasteiger partial charge in [-0.25, -0.2) is 4.57 Å². The SMILES string of the molecule is CC(=O)N[C@H]1[C@H](O[C@@H]([C@H](O)[C@H](CO)NC(C)=O)[C@H](O)CO)O[C@H](CO)[C@@H](O[C@@H]2O[C@H](CO[C@H]3O[C@H](CO[C@H]4O[C@H](COP(=O)(O)O)[C@@H](O)[C@H](O)[C@@H]4O[C@H]4O[C@H](CO)[C@@H](O)[C@H](O)[C@@H]4O)[C@@H](O)[C@H](O[C@H]4O[C@H](CO)[C@@H](O)[C@H](O)[C@@H]4O)[C@@H]3O)[C@@H](O)[C@H](O[C@H]3O[C@H](CO)[C@@H](O)[C@H](O)[C@@H]3O[C@H]3O[C@H](CO)[C@@H](O)[C@H](O)[C@@H]3O)[C@@H]2O)[C@@H]1O. The lowest BCUT2D eigenvalue weighted by Crippen LogP contribution is -2.69. The number of carbonyl (C=O) groups is 2. The standard InChI is InChI=1S/C58H101N2O49P/c1-13(68)59-15(3-61)26(71)45(16(70)4-62)104-51-25(60-14(2)69)34(79)46(21(9-67)100-51)105-56-44(89)48(107-58-50(38(83)30(75)20(8-66)99-58)109-55-42(87)37(82)29(74)19(7-65)98-55)33(78)23(102-56)10-93-52-43(88)47(106-53-40(85)35(80)27(72)17(5-63)96-53)32(77)22(101-52)11-94-57-49(39(84)31(76)24(103-57)12-95-110(90,91)92)108-54-41(86)36(81)28(73)18(6-64)97-54/h15-58,61-67,70-89H,3-12H2,1-2H3,(H,59,68)(H,60,69)(H2,90,91,92)/t15-,16+,17+,18+,19+,20+,21+,22+,23+,24+,25+,26+,27+,28+,29+,30+,31+,32+,33+,34+,35-,36-,37-,38-,39-,40-,41-,42-,43-,44-,45+,46+,47-,48-,49-,50-,51-,52-,53+,54+,55+,56-,57-,58+/m0/s1. The molecule has 8 saturated heterocycles. The monoisotopic (exact) mass is 1640 g/mol. The van der Waals surface area contributed by atoms with Crippen molar-refractivity contribution in [3.63, 3.8) is 0 Å². The largest absolute Gasteiger partial charge is 0.469 e. The Bertz CT molecular complexity index is 2850. The summed E-state index contributed by atoms with van der Waals surface area (Å²) < 4.78 is 109. The van der Waals surface area contributed by atoms with Gasteiger partial charge >= 0.3 is 7.82 Å². The normalized spacial score (nSPS) is 46.9. The van der Waals surface area contributed by atoms with Gasteiger partial charge in [0.25, 0.3) is 0 Å². The van der Waals surface area contributed by atoms with E-state index in [-0.39, 0.29) is 0 Å². The molecule has 8 heterocycles. The maximum absolute atomic E-state index is 12.9. The van der Waals surface area contributed by atoms with E-state index < -0.39 is 356 Å². The number of hydrogen-bond donors (Lipinski definition) is 31. The Morgan fingerprint density at radius 2 is 0.700 bits per heavy atom. The number of nitrogens with one attached hydrogen (secondary N) is 2. The molecular weight excluding hydrogens is 1540 g/mol. The maximum Gasteiger partial charge on any atom is 0.469 e. The van der Waals surface area contributed by atoms with Gasteiger partial charge in [-0.2, -0.15) is 0 Å². The van der Waals surface area contributed by atoms with Crippen LogP contribution in [0.1, 0.15) is 13.8 Å². The predicted octanol–water partition coefficient (Wildman–Crippen LogP) is -20.6. The quantitative estimate of drug-likeness (QED) is 0.0271. The average Bonchev–Trinajstić information content (AvgIpc) is 0.770. The van der Waals surface area contributed by atoms with Crippen LogP contribution in [0.3, 0.4) is 0 Å². The lowest BCUT2D eigenvalue weighted by atomic mass is 9.94. The summed E-state index contributed by atoms with van der Waals surface area (Å²) in [6.07, 6.45) is -92.6. The molecule has 52 heteroatoms.